The van der Waals surface area contributed by atoms with Crippen LogP contribution < -0.4 is 10.0 Å². The molecular formula is C13H18N2O3S. The first-order chi connectivity index (χ1) is 8.82. The van der Waals surface area contributed by atoms with Crippen molar-refractivity contribution < 1.29 is 12.8 Å². The minimum Gasteiger partial charge on any atom is -0.447 e. The molecule has 6 heteroatoms. The van der Waals surface area contributed by atoms with Crippen LogP contribution in [0.4, 0.5) is 0 Å². The summed E-state index contributed by atoms with van der Waals surface area (Å²) in [6.07, 6.45) is 7.61. The number of furan rings is 1. The molecule has 0 aromatic carbocycles. The second-order valence-electron chi connectivity index (χ2n) is 5.25. The maximum Gasteiger partial charge on any atom is 0.275 e. The third-order valence-corrected chi connectivity index (χ3v) is 4.32. The minimum absolute atomic E-state index is 0.108. The summed E-state index contributed by atoms with van der Waals surface area (Å²) in [7, 11) is -3.72. The summed E-state index contributed by atoms with van der Waals surface area (Å²) in [4.78, 5) is 0. The van der Waals surface area contributed by atoms with Crippen LogP contribution in [0, 0.1) is 12.3 Å². The van der Waals surface area contributed by atoms with Gasteiger partial charge in [0.25, 0.3) is 10.0 Å². The first-order valence-corrected chi connectivity index (χ1v) is 7.64. The number of nitrogens with one attached hydrogen (secondary N) is 2. The molecule has 2 N–H and O–H groups in total. The molecule has 1 fully saturated rings. The predicted octanol–water partition coefficient (Wildman–Crippen LogP) is 1.22. The van der Waals surface area contributed by atoms with E-state index in [4.69, 9.17) is 10.8 Å². The number of hydrogen-bond donors (Lipinski definition) is 2. The van der Waals surface area contributed by atoms with E-state index in [2.05, 4.69) is 16.0 Å². The van der Waals surface area contributed by atoms with E-state index in [1.807, 2.05) is 0 Å². The lowest BCUT2D eigenvalue weighted by molar-refractivity contribution is 0.396. The molecule has 0 atom stereocenters. The van der Waals surface area contributed by atoms with Gasteiger partial charge in [0, 0.05) is 6.04 Å². The molecule has 1 aromatic heterocycles. The van der Waals surface area contributed by atoms with Crippen molar-refractivity contribution in [1.82, 2.24) is 10.0 Å². The van der Waals surface area contributed by atoms with Crippen molar-refractivity contribution in [3.63, 3.8) is 0 Å². The Labute approximate surface area is 113 Å². The summed E-state index contributed by atoms with van der Waals surface area (Å²) in [5.74, 6) is 2.98. The van der Waals surface area contributed by atoms with Crippen molar-refractivity contribution in [2.75, 3.05) is 0 Å². The van der Waals surface area contributed by atoms with Gasteiger partial charge in [0.15, 0.2) is 0 Å². The fourth-order valence-corrected chi connectivity index (χ4v) is 2.84. The molecule has 0 aliphatic heterocycles. The second kappa shape index (κ2) is 5.00. The molecule has 0 amide bonds. The van der Waals surface area contributed by atoms with Crippen LogP contribution in [0.25, 0.3) is 0 Å². The van der Waals surface area contributed by atoms with Crippen molar-refractivity contribution >= 4 is 10.0 Å². The molecular weight excluding hydrogens is 264 g/mol. The van der Waals surface area contributed by atoms with E-state index in [1.54, 1.807) is 19.9 Å². The molecule has 1 aliphatic carbocycles. The van der Waals surface area contributed by atoms with Crippen LogP contribution in [-0.4, -0.2) is 20.0 Å². The third-order valence-electron chi connectivity index (χ3n) is 2.79. The lowest BCUT2D eigenvalue weighted by Gasteiger charge is -2.18. The van der Waals surface area contributed by atoms with Gasteiger partial charge in [-0.2, -0.15) is 4.72 Å². The smallest absolute Gasteiger partial charge is 0.275 e. The molecule has 1 aliphatic rings. The van der Waals surface area contributed by atoms with Crippen molar-refractivity contribution in [2.45, 2.75) is 49.9 Å². The fraction of sp³-hybridized carbons (Fsp3) is 0.538. The van der Waals surface area contributed by atoms with Gasteiger partial charge in [-0.25, -0.2) is 8.42 Å². The monoisotopic (exact) mass is 282 g/mol. The van der Waals surface area contributed by atoms with Crippen molar-refractivity contribution in [3.05, 3.63) is 17.9 Å². The van der Waals surface area contributed by atoms with Crippen LogP contribution in [0.15, 0.2) is 21.6 Å². The topological polar surface area (TPSA) is 71.3 Å². The quantitative estimate of drug-likeness (QED) is 0.770. The summed E-state index contributed by atoms with van der Waals surface area (Å²) in [6, 6.07) is 3.65. The summed E-state index contributed by atoms with van der Waals surface area (Å²) < 4.78 is 31.8. The summed E-state index contributed by atoms with van der Waals surface area (Å²) in [6.45, 7) is 3.77. The van der Waals surface area contributed by atoms with E-state index in [9.17, 15) is 8.42 Å². The Morgan fingerprint density at radius 1 is 1.47 bits per heavy atom. The van der Waals surface area contributed by atoms with Gasteiger partial charge in [-0.15, -0.1) is 6.42 Å². The zero-order valence-corrected chi connectivity index (χ0v) is 11.9. The van der Waals surface area contributed by atoms with Crippen LogP contribution in [-0.2, 0) is 16.6 Å². The van der Waals surface area contributed by atoms with Gasteiger partial charge in [0.1, 0.15) is 5.76 Å². The second-order valence-corrected chi connectivity index (χ2v) is 6.86. The van der Waals surface area contributed by atoms with Gasteiger partial charge >= 0.3 is 0 Å². The van der Waals surface area contributed by atoms with Gasteiger partial charge in [-0.3, -0.25) is 0 Å². The SMILES string of the molecule is C#CC(C)(C)NS(=O)(=O)c1ccc(CNC2CC2)o1. The van der Waals surface area contributed by atoms with E-state index in [0.29, 0.717) is 18.3 Å². The van der Waals surface area contributed by atoms with Crippen molar-refractivity contribution in [3.8, 4) is 12.3 Å². The molecule has 0 bridgehead atoms. The minimum atomic E-state index is -3.72. The Morgan fingerprint density at radius 2 is 2.16 bits per heavy atom. The molecule has 19 heavy (non-hydrogen) atoms. The summed E-state index contributed by atoms with van der Waals surface area (Å²) in [5.41, 5.74) is -0.946. The first-order valence-electron chi connectivity index (χ1n) is 6.16. The lowest BCUT2D eigenvalue weighted by atomic mass is 10.1. The third kappa shape index (κ3) is 3.83. The Kier molecular flexibility index (Phi) is 3.72. The zero-order valence-electron chi connectivity index (χ0n) is 11.1. The molecule has 0 spiro atoms. The van der Waals surface area contributed by atoms with E-state index in [-0.39, 0.29) is 5.09 Å². The predicted molar refractivity (Wildman–Crippen MR) is 71.8 cm³/mol. The molecule has 1 aromatic rings. The van der Waals surface area contributed by atoms with E-state index >= 15 is 0 Å². The van der Waals surface area contributed by atoms with Crippen LogP contribution in [0.5, 0.6) is 0 Å². The van der Waals surface area contributed by atoms with Gasteiger partial charge in [-0.1, -0.05) is 5.92 Å². The average Bonchev–Trinajstić information content (AvgIpc) is 3.01. The highest BCUT2D eigenvalue weighted by atomic mass is 32.2. The number of sulfonamides is 1. The number of rotatable bonds is 6. The fourth-order valence-electron chi connectivity index (χ4n) is 1.55. The van der Waals surface area contributed by atoms with E-state index in [1.165, 1.54) is 18.9 Å². The van der Waals surface area contributed by atoms with Crippen LogP contribution >= 0.6 is 0 Å². The largest absolute Gasteiger partial charge is 0.447 e. The standard InChI is InChI=1S/C13H18N2O3S/c1-4-13(2,3)15-19(16,17)12-8-7-11(18-12)9-14-10-5-6-10/h1,7-8,10,14-15H,5-6,9H2,2-3H3. The first kappa shape index (κ1) is 14.1. The highest BCUT2D eigenvalue weighted by molar-refractivity contribution is 7.89. The van der Waals surface area contributed by atoms with Gasteiger partial charge in [-0.05, 0) is 38.8 Å². The van der Waals surface area contributed by atoms with E-state index in [0.717, 1.165) is 0 Å². The lowest BCUT2D eigenvalue weighted by Crippen LogP contribution is -2.41. The van der Waals surface area contributed by atoms with Gasteiger partial charge in [0.2, 0.25) is 5.09 Å². The summed E-state index contributed by atoms with van der Waals surface area (Å²) >= 11 is 0. The molecule has 1 heterocycles. The van der Waals surface area contributed by atoms with Gasteiger partial charge in [0.05, 0.1) is 12.1 Å². The highest BCUT2D eigenvalue weighted by Gasteiger charge is 2.27. The summed E-state index contributed by atoms with van der Waals surface area (Å²) in [5, 5.41) is 3.15. The number of hydrogen-bond acceptors (Lipinski definition) is 4. The van der Waals surface area contributed by atoms with Crippen LogP contribution in [0.2, 0.25) is 0 Å². The molecule has 5 nitrogen and oxygen atoms in total. The molecule has 104 valence electrons. The Balaban J connectivity index is 2.05. The maximum absolute atomic E-state index is 12.0. The Morgan fingerprint density at radius 3 is 2.74 bits per heavy atom. The number of terminal acetylenes is 1. The molecule has 0 radical (unpaired) electrons. The Hall–Kier alpha value is -1.29. The van der Waals surface area contributed by atoms with Crippen LogP contribution in [0.1, 0.15) is 32.4 Å². The Bertz CT molecular complexity index is 592. The van der Waals surface area contributed by atoms with Crippen molar-refractivity contribution in [2.24, 2.45) is 0 Å². The molecule has 0 unspecified atom stereocenters. The zero-order chi connectivity index (χ0) is 14.1. The van der Waals surface area contributed by atoms with Crippen LogP contribution in [0.3, 0.4) is 0 Å². The maximum atomic E-state index is 12.0. The normalized spacial score (nSPS) is 16.3. The van der Waals surface area contributed by atoms with Crippen molar-refractivity contribution in [1.29, 1.82) is 0 Å². The highest BCUT2D eigenvalue weighted by Crippen LogP contribution is 2.21. The van der Waals surface area contributed by atoms with E-state index < -0.39 is 15.6 Å². The molecule has 1 saturated carbocycles. The molecule has 0 saturated heterocycles. The van der Waals surface area contributed by atoms with Gasteiger partial charge < -0.3 is 9.73 Å². The average molecular weight is 282 g/mol. The molecule has 2 rings (SSSR count).